The van der Waals surface area contributed by atoms with Crippen molar-refractivity contribution in [1.29, 1.82) is 0 Å². The fourth-order valence-electron chi connectivity index (χ4n) is 2.85. The first-order chi connectivity index (χ1) is 13.7. The highest BCUT2D eigenvalue weighted by Gasteiger charge is 2.16. The normalized spacial score (nSPS) is 11.1. The molecule has 0 spiro atoms. The molecule has 28 heavy (non-hydrogen) atoms. The standard InChI is InChI=1S/C21H22N4O3/c1-3-4-13-25-21(27)17-11-7-6-10-16(17)19(24-25)20(26)23-22-14-15-9-5-8-12-18(15)28-2/h5-12,14H,3-4,13H2,1-2H3,(H,23,26)/b22-14-. The molecule has 0 saturated heterocycles. The van der Waals surface area contributed by atoms with E-state index in [4.69, 9.17) is 4.74 Å². The Balaban J connectivity index is 1.91. The minimum absolute atomic E-state index is 0.170. The second kappa shape index (κ2) is 8.94. The van der Waals surface area contributed by atoms with Crippen LogP contribution in [-0.2, 0) is 6.54 Å². The first-order valence-electron chi connectivity index (χ1n) is 9.12. The van der Waals surface area contributed by atoms with E-state index in [0.29, 0.717) is 23.1 Å². The molecular formula is C21H22N4O3. The van der Waals surface area contributed by atoms with Crippen LogP contribution >= 0.6 is 0 Å². The number of unbranched alkanes of at least 4 members (excludes halogenated alkanes) is 1. The largest absolute Gasteiger partial charge is 0.496 e. The first-order valence-corrected chi connectivity index (χ1v) is 9.12. The van der Waals surface area contributed by atoms with Crippen LogP contribution in [0.2, 0.25) is 0 Å². The summed E-state index contributed by atoms with van der Waals surface area (Å²) in [6.45, 7) is 2.50. The highest BCUT2D eigenvalue weighted by Crippen LogP contribution is 2.15. The predicted octanol–water partition coefficient (Wildman–Crippen LogP) is 2.97. The Morgan fingerprint density at radius 2 is 1.89 bits per heavy atom. The molecule has 1 N–H and O–H groups in total. The number of nitrogens with zero attached hydrogens (tertiary/aromatic N) is 3. The van der Waals surface area contributed by atoms with Gasteiger partial charge in [-0.3, -0.25) is 9.59 Å². The van der Waals surface area contributed by atoms with Crippen molar-refractivity contribution >= 4 is 22.9 Å². The minimum atomic E-state index is -0.479. The lowest BCUT2D eigenvalue weighted by Gasteiger charge is -2.09. The van der Waals surface area contributed by atoms with E-state index in [9.17, 15) is 9.59 Å². The SMILES string of the molecule is CCCCn1nc(C(=O)N/N=C\c2ccccc2OC)c2ccccc2c1=O. The number of hydrazone groups is 1. The zero-order valence-electron chi connectivity index (χ0n) is 15.9. The van der Waals surface area contributed by atoms with Crippen molar-refractivity contribution < 1.29 is 9.53 Å². The number of aryl methyl sites for hydroxylation is 1. The van der Waals surface area contributed by atoms with Crippen molar-refractivity contribution in [2.24, 2.45) is 5.10 Å². The van der Waals surface area contributed by atoms with Gasteiger partial charge in [-0.1, -0.05) is 43.7 Å². The van der Waals surface area contributed by atoms with Crippen LogP contribution in [0.3, 0.4) is 0 Å². The van der Waals surface area contributed by atoms with Crippen molar-refractivity contribution in [2.75, 3.05) is 7.11 Å². The highest BCUT2D eigenvalue weighted by molar-refractivity contribution is 6.05. The summed E-state index contributed by atoms with van der Waals surface area (Å²) in [4.78, 5) is 25.3. The van der Waals surface area contributed by atoms with E-state index in [0.717, 1.165) is 18.4 Å². The lowest BCUT2D eigenvalue weighted by Crippen LogP contribution is -2.29. The topological polar surface area (TPSA) is 85.6 Å². The summed E-state index contributed by atoms with van der Waals surface area (Å²) in [5.41, 5.74) is 3.20. The smallest absolute Gasteiger partial charge is 0.292 e. The number of carbonyl (C=O) groups is 1. The van der Waals surface area contributed by atoms with Crippen molar-refractivity contribution in [1.82, 2.24) is 15.2 Å². The molecule has 0 aliphatic heterocycles. The van der Waals surface area contributed by atoms with Gasteiger partial charge in [0.2, 0.25) is 0 Å². The molecule has 0 aliphatic rings. The summed E-state index contributed by atoms with van der Waals surface area (Å²) in [7, 11) is 1.57. The molecule has 0 saturated carbocycles. The van der Waals surface area contributed by atoms with Crippen LogP contribution in [-0.4, -0.2) is 29.0 Å². The second-order valence-corrected chi connectivity index (χ2v) is 6.22. The van der Waals surface area contributed by atoms with Gasteiger partial charge in [0, 0.05) is 17.5 Å². The zero-order valence-corrected chi connectivity index (χ0v) is 15.9. The van der Waals surface area contributed by atoms with Gasteiger partial charge in [0.05, 0.1) is 18.7 Å². The summed E-state index contributed by atoms with van der Waals surface area (Å²) in [6.07, 6.45) is 3.23. The fourth-order valence-corrected chi connectivity index (χ4v) is 2.85. The molecule has 3 aromatic rings. The van der Waals surface area contributed by atoms with Crippen LogP contribution in [0.1, 0.15) is 35.8 Å². The Kier molecular flexibility index (Phi) is 6.16. The van der Waals surface area contributed by atoms with Crippen LogP contribution in [0.5, 0.6) is 5.75 Å². The number of hydrogen-bond acceptors (Lipinski definition) is 5. The molecule has 0 unspecified atom stereocenters. The van der Waals surface area contributed by atoms with Crippen molar-refractivity contribution in [3.8, 4) is 5.75 Å². The summed E-state index contributed by atoms with van der Waals surface area (Å²) < 4.78 is 6.61. The van der Waals surface area contributed by atoms with E-state index in [-0.39, 0.29) is 11.3 Å². The molecular weight excluding hydrogens is 356 g/mol. The predicted molar refractivity (Wildman–Crippen MR) is 109 cm³/mol. The maximum atomic E-state index is 12.7. The number of nitrogens with one attached hydrogen (secondary N) is 1. The zero-order chi connectivity index (χ0) is 19.9. The maximum absolute atomic E-state index is 12.7. The number of carbonyl (C=O) groups excluding carboxylic acids is 1. The van der Waals surface area contributed by atoms with Gasteiger partial charge >= 0.3 is 0 Å². The van der Waals surface area contributed by atoms with Gasteiger partial charge in [-0.15, -0.1) is 0 Å². The number of rotatable bonds is 7. The van der Waals surface area contributed by atoms with E-state index in [1.165, 1.54) is 10.9 Å². The lowest BCUT2D eigenvalue weighted by molar-refractivity contribution is 0.0949. The van der Waals surface area contributed by atoms with E-state index in [1.54, 1.807) is 31.4 Å². The van der Waals surface area contributed by atoms with Gasteiger partial charge in [-0.2, -0.15) is 10.2 Å². The minimum Gasteiger partial charge on any atom is -0.496 e. The van der Waals surface area contributed by atoms with E-state index >= 15 is 0 Å². The molecule has 0 fully saturated rings. The monoisotopic (exact) mass is 378 g/mol. The van der Waals surface area contributed by atoms with Crippen molar-refractivity contribution in [3.05, 3.63) is 70.1 Å². The third-order valence-corrected chi connectivity index (χ3v) is 4.31. The van der Waals surface area contributed by atoms with Gasteiger partial charge < -0.3 is 4.74 Å². The Hall–Kier alpha value is -3.48. The van der Waals surface area contributed by atoms with Gasteiger partial charge in [-0.05, 0) is 24.6 Å². The van der Waals surface area contributed by atoms with Gasteiger partial charge in [-0.25, -0.2) is 10.1 Å². The fraction of sp³-hybridized carbons (Fsp3) is 0.238. The number of amides is 1. The number of methoxy groups -OCH3 is 1. The highest BCUT2D eigenvalue weighted by atomic mass is 16.5. The molecule has 1 amide bonds. The van der Waals surface area contributed by atoms with E-state index in [2.05, 4.69) is 15.6 Å². The molecule has 0 radical (unpaired) electrons. The Labute approximate surface area is 162 Å². The van der Waals surface area contributed by atoms with Gasteiger partial charge in [0.15, 0.2) is 5.69 Å². The molecule has 0 aliphatic carbocycles. The summed E-state index contributed by atoms with van der Waals surface area (Å²) in [5.74, 6) is 0.171. The van der Waals surface area contributed by atoms with Crippen LogP contribution in [0.25, 0.3) is 10.8 Å². The van der Waals surface area contributed by atoms with E-state index in [1.807, 2.05) is 31.2 Å². The van der Waals surface area contributed by atoms with E-state index < -0.39 is 5.91 Å². The maximum Gasteiger partial charge on any atom is 0.292 e. The Morgan fingerprint density at radius 3 is 2.64 bits per heavy atom. The number of aromatic nitrogens is 2. The van der Waals surface area contributed by atoms with Crippen LogP contribution in [0.4, 0.5) is 0 Å². The average molecular weight is 378 g/mol. The Morgan fingerprint density at radius 1 is 1.18 bits per heavy atom. The first kappa shape index (κ1) is 19.3. The van der Waals surface area contributed by atoms with Crippen molar-refractivity contribution in [2.45, 2.75) is 26.3 Å². The number of ether oxygens (including phenoxy) is 1. The molecule has 3 rings (SSSR count). The molecule has 2 aromatic carbocycles. The average Bonchev–Trinajstić information content (AvgIpc) is 2.73. The van der Waals surface area contributed by atoms with Crippen LogP contribution in [0, 0.1) is 0 Å². The third kappa shape index (κ3) is 4.09. The van der Waals surface area contributed by atoms with Gasteiger partial charge in [0.25, 0.3) is 11.5 Å². The summed E-state index contributed by atoms with van der Waals surface area (Å²) in [5, 5.41) is 9.28. The third-order valence-electron chi connectivity index (χ3n) is 4.31. The van der Waals surface area contributed by atoms with Crippen molar-refractivity contribution in [3.63, 3.8) is 0 Å². The van der Waals surface area contributed by atoms with Crippen LogP contribution < -0.4 is 15.7 Å². The number of hydrogen-bond donors (Lipinski definition) is 1. The van der Waals surface area contributed by atoms with Gasteiger partial charge in [0.1, 0.15) is 5.75 Å². The number of benzene rings is 2. The number of fused-ring (bicyclic) bond motifs is 1. The second-order valence-electron chi connectivity index (χ2n) is 6.22. The lowest BCUT2D eigenvalue weighted by atomic mass is 10.1. The number of para-hydroxylation sites is 1. The molecule has 1 heterocycles. The molecule has 0 bridgehead atoms. The molecule has 7 nitrogen and oxygen atoms in total. The quantitative estimate of drug-likeness (QED) is 0.506. The Bertz CT molecular complexity index is 1070. The molecule has 0 atom stereocenters. The summed E-state index contributed by atoms with van der Waals surface area (Å²) in [6, 6.07) is 14.3. The molecule has 144 valence electrons. The molecule has 7 heteroatoms. The van der Waals surface area contributed by atoms with Crippen LogP contribution in [0.15, 0.2) is 58.4 Å². The summed E-state index contributed by atoms with van der Waals surface area (Å²) >= 11 is 0. The molecule has 1 aromatic heterocycles.